The quantitative estimate of drug-likeness (QED) is 0.779. The molecule has 1 aromatic carbocycles. The summed E-state index contributed by atoms with van der Waals surface area (Å²) in [5, 5.41) is 7.17. The third-order valence-electron chi connectivity index (χ3n) is 2.70. The number of halogens is 1. The van der Waals surface area contributed by atoms with Crippen molar-refractivity contribution in [3.8, 4) is 0 Å². The molecule has 1 atom stereocenters. The van der Waals surface area contributed by atoms with Crippen molar-refractivity contribution in [3.05, 3.63) is 40.1 Å². The summed E-state index contributed by atoms with van der Waals surface area (Å²) in [6.07, 6.45) is 0. The molecule has 98 valence electrons. The molecule has 19 heavy (non-hydrogen) atoms. The van der Waals surface area contributed by atoms with Crippen LogP contribution >= 0.6 is 22.7 Å². The van der Waals surface area contributed by atoms with Crippen molar-refractivity contribution in [2.45, 2.75) is 19.9 Å². The van der Waals surface area contributed by atoms with Gasteiger partial charge in [-0.05, 0) is 32.0 Å². The highest BCUT2D eigenvalue weighted by Gasteiger charge is 2.12. The zero-order valence-electron chi connectivity index (χ0n) is 10.5. The molecule has 0 aliphatic carbocycles. The number of fused-ring (bicyclic) bond motifs is 1. The zero-order chi connectivity index (χ0) is 13.4. The van der Waals surface area contributed by atoms with Crippen LogP contribution in [0.25, 0.3) is 10.2 Å². The van der Waals surface area contributed by atoms with Crippen LogP contribution in [0.1, 0.15) is 23.7 Å². The Morgan fingerprint density at radius 1 is 1.32 bits per heavy atom. The molecule has 3 aromatic rings. The van der Waals surface area contributed by atoms with E-state index in [-0.39, 0.29) is 11.9 Å². The average molecular weight is 293 g/mol. The summed E-state index contributed by atoms with van der Waals surface area (Å²) < 4.78 is 14.0. The second-order valence-electron chi connectivity index (χ2n) is 4.32. The van der Waals surface area contributed by atoms with Crippen LogP contribution < -0.4 is 5.32 Å². The van der Waals surface area contributed by atoms with E-state index in [9.17, 15) is 4.39 Å². The van der Waals surface area contributed by atoms with E-state index < -0.39 is 0 Å². The molecule has 6 heteroatoms. The number of hydrogen-bond donors (Lipinski definition) is 1. The van der Waals surface area contributed by atoms with E-state index in [0.717, 1.165) is 26.0 Å². The first-order valence-corrected chi connectivity index (χ1v) is 7.56. The number of aromatic nitrogens is 2. The molecule has 3 rings (SSSR count). The minimum Gasteiger partial charge on any atom is -0.353 e. The van der Waals surface area contributed by atoms with E-state index in [1.165, 1.54) is 23.5 Å². The van der Waals surface area contributed by atoms with Crippen LogP contribution in [-0.4, -0.2) is 9.97 Å². The van der Waals surface area contributed by atoms with E-state index in [1.54, 1.807) is 17.4 Å². The summed E-state index contributed by atoms with van der Waals surface area (Å²) in [5.41, 5.74) is 1.84. The smallest absolute Gasteiger partial charge is 0.184 e. The number of aryl methyl sites for hydroxylation is 1. The second kappa shape index (κ2) is 4.86. The largest absolute Gasteiger partial charge is 0.353 e. The summed E-state index contributed by atoms with van der Waals surface area (Å²) in [7, 11) is 0. The van der Waals surface area contributed by atoms with Gasteiger partial charge in [-0.25, -0.2) is 14.4 Å². The molecule has 0 aliphatic rings. The number of anilines is 1. The van der Waals surface area contributed by atoms with Gasteiger partial charge in [0.2, 0.25) is 0 Å². The summed E-state index contributed by atoms with van der Waals surface area (Å²) >= 11 is 3.09. The Balaban J connectivity index is 1.85. The van der Waals surface area contributed by atoms with Crippen molar-refractivity contribution in [1.29, 1.82) is 0 Å². The van der Waals surface area contributed by atoms with E-state index in [4.69, 9.17) is 0 Å². The minimum atomic E-state index is -0.230. The Bertz CT molecular complexity index is 720. The molecule has 0 amide bonds. The molecule has 0 saturated carbocycles. The molecular formula is C13H12FN3S2. The van der Waals surface area contributed by atoms with Crippen molar-refractivity contribution in [2.24, 2.45) is 0 Å². The highest BCUT2D eigenvalue weighted by atomic mass is 32.1. The SMILES string of the molecule is Cc1csc(C(C)Nc2nc3ccc(F)cc3s2)n1. The average Bonchev–Trinajstić information content (AvgIpc) is 2.94. The Kier molecular flexibility index (Phi) is 3.20. The Hall–Kier alpha value is -1.53. The van der Waals surface area contributed by atoms with Gasteiger partial charge in [-0.2, -0.15) is 0 Å². The zero-order valence-corrected chi connectivity index (χ0v) is 12.1. The fourth-order valence-electron chi connectivity index (χ4n) is 1.78. The summed E-state index contributed by atoms with van der Waals surface area (Å²) in [5.74, 6) is -0.230. The van der Waals surface area contributed by atoms with Gasteiger partial charge in [0.15, 0.2) is 5.13 Å². The third kappa shape index (κ3) is 2.59. The van der Waals surface area contributed by atoms with Crippen LogP contribution in [0, 0.1) is 12.7 Å². The first-order chi connectivity index (χ1) is 9.11. The summed E-state index contributed by atoms with van der Waals surface area (Å²) in [6.45, 7) is 4.03. The van der Waals surface area contributed by atoms with Gasteiger partial charge in [0.1, 0.15) is 10.8 Å². The first-order valence-electron chi connectivity index (χ1n) is 5.86. The minimum absolute atomic E-state index is 0.101. The fraction of sp³-hybridized carbons (Fsp3) is 0.231. The molecule has 3 nitrogen and oxygen atoms in total. The molecule has 2 aromatic heterocycles. The Labute approximate surface area is 118 Å². The molecule has 0 radical (unpaired) electrons. The fourth-order valence-corrected chi connectivity index (χ4v) is 3.56. The van der Waals surface area contributed by atoms with Crippen LogP contribution in [0.4, 0.5) is 9.52 Å². The van der Waals surface area contributed by atoms with Gasteiger partial charge in [-0.15, -0.1) is 11.3 Å². The lowest BCUT2D eigenvalue weighted by Crippen LogP contribution is -2.05. The molecule has 0 fully saturated rings. The van der Waals surface area contributed by atoms with Gasteiger partial charge in [0.25, 0.3) is 0 Å². The van der Waals surface area contributed by atoms with E-state index in [0.29, 0.717) is 0 Å². The lowest BCUT2D eigenvalue weighted by Gasteiger charge is -2.08. The van der Waals surface area contributed by atoms with Gasteiger partial charge in [0, 0.05) is 11.1 Å². The van der Waals surface area contributed by atoms with Crippen molar-refractivity contribution in [2.75, 3.05) is 5.32 Å². The van der Waals surface area contributed by atoms with Crippen LogP contribution in [0.5, 0.6) is 0 Å². The maximum absolute atomic E-state index is 13.1. The van der Waals surface area contributed by atoms with Gasteiger partial charge in [-0.1, -0.05) is 11.3 Å². The first kappa shape index (κ1) is 12.5. The van der Waals surface area contributed by atoms with Crippen LogP contribution in [0.3, 0.4) is 0 Å². The van der Waals surface area contributed by atoms with Crippen molar-refractivity contribution >= 4 is 38.0 Å². The lowest BCUT2D eigenvalue weighted by molar-refractivity contribution is 0.630. The van der Waals surface area contributed by atoms with Crippen LogP contribution in [-0.2, 0) is 0 Å². The Morgan fingerprint density at radius 3 is 2.89 bits per heavy atom. The highest BCUT2D eigenvalue weighted by Crippen LogP contribution is 2.29. The normalized spacial score (nSPS) is 12.8. The number of hydrogen-bond acceptors (Lipinski definition) is 5. The predicted molar refractivity (Wildman–Crippen MR) is 78.5 cm³/mol. The topological polar surface area (TPSA) is 37.8 Å². The number of nitrogens with zero attached hydrogens (tertiary/aromatic N) is 2. The molecule has 1 N–H and O–H groups in total. The molecule has 1 unspecified atom stereocenters. The number of benzene rings is 1. The standard InChI is InChI=1S/C13H12FN3S2/c1-7-6-18-12(15-7)8(2)16-13-17-10-4-3-9(14)5-11(10)19-13/h3-6,8H,1-2H3,(H,16,17). The maximum Gasteiger partial charge on any atom is 0.184 e. The molecule has 0 bridgehead atoms. The molecule has 2 heterocycles. The van der Waals surface area contributed by atoms with E-state index >= 15 is 0 Å². The third-order valence-corrected chi connectivity index (χ3v) is 4.79. The maximum atomic E-state index is 13.1. The molecule has 0 saturated heterocycles. The van der Waals surface area contributed by atoms with Crippen molar-refractivity contribution in [1.82, 2.24) is 9.97 Å². The number of nitrogens with one attached hydrogen (secondary N) is 1. The monoisotopic (exact) mass is 293 g/mol. The van der Waals surface area contributed by atoms with Gasteiger partial charge < -0.3 is 5.32 Å². The Morgan fingerprint density at radius 2 is 2.16 bits per heavy atom. The number of thiazole rings is 2. The molecule has 0 aliphatic heterocycles. The van der Waals surface area contributed by atoms with Gasteiger partial charge >= 0.3 is 0 Å². The lowest BCUT2D eigenvalue weighted by atomic mass is 10.3. The van der Waals surface area contributed by atoms with Gasteiger partial charge in [-0.3, -0.25) is 0 Å². The van der Waals surface area contributed by atoms with Crippen LogP contribution in [0.2, 0.25) is 0 Å². The second-order valence-corrected chi connectivity index (χ2v) is 6.24. The van der Waals surface area contributed by atoms with Crippen molar-refractivity contribution < 1.29 is 4.39 Å². The number of rotatable bonds is 3. The molecule has 0 spiro atoms. The summed E-state index contributed by atoms with van der Waals surface area (Å²) in [4.78, 5) is 8.89. The van der Waals surface area contributed by atoms with Gasteiger partial charge in [0.05, 0.1) is 16.3 Å². The van der Waals surface area contributed by atoms with Crippen LogP contribution in [0.15, 0.2) is 23.6 Å². The highest BCUT2D eigenvalue weighted by molar-refractivity contribution is 7.22. The van der Waals surface area contributed by atoms with E-state index in [1.807, 2.05) is 19.2 Å². The van der Waals surface area contributed by atoms with E-state index in [2.05, 4.69) is 15.3 Å². The predicted octanol–water partition coefficient (Wildman–Crippen LogP) is 4.37. The molecular weight excluding hydrogens is 281 g/mol. The summed E-state index contributed by atoms with van der Waals surface area (Å²) in [6, 6.07) is 4.74. The van der Waals surface area contributed by atoms with Crippen molar-refractivity contribution in [3.63, 3.8) is 0 Å².